The first-order valence-corrected chi connectivity index (χ1v) is 7.86. The van der Waals surface area contributed by atoms with Crippen molar-refractivity contribution in [3.8, 4) is 5.75 Å². The van der Waals surface area contributed by atoms with E-state index in [4.69, 9.17) is 16.3 Å². The van der Waals surface area contributed by atoms with Gasteiger partial charge in [0.1, 0.15) is 5.75 Å². The number of fused-ring (bicyclic) bond motifs is 1. The molecule has 124 valence electrons. The Morgan fingerprint density at radius 3 is 2.71 bits per heavy atom. The summed E-state index contributed by atoms with van der Waals surface area (Å²) in [5, 5.41) is 5.93. The monoisotopic (exact) mass is 344 g/mol. The Hall–Kier alpha value is -2.53. The Morgan fingerprint density at radius 2 is 1.96 bits per heavy atom. The fourth-order valence-electron chi connectivity index (χ4n) is 2.46. The van der Waals surface area contributed by atoms with Crippen LogP contribution in [0.2, 0.25) is 5.02 Å². The van der Waals surface area contributed by atoms with E-state index in [9.17, 15) is 9.59 Å². The van der Waals surface area contributed by atoms with Crippen LogP contribution < -0.4 is 15.4 Å². The van der Waals surface area contributed by atoms with Gasteiger partial charge in [0.15, 0.2) is 0 Å². The summed E-state index contributed by atoms with van der Waals surface area (Å²) in [5.74, 6) is -0.674. The summed E-state index contributed by atoms with van der Waals surface area (Å²) in [5.41, 5.74) is 1.34. The predicted molar refractivity (Wildman–Crippen MR) is 93.7 cm³/mol. The average Bonchev–Trinajstić information content (AvgIpc) is 2.52. The molecule has 3 rings (SSSR count). The lowest BCUT2D eigenvalue weighted by Gasteiger charge is -2.33. The number of ether oxygens (including phenoxy) is 1. The van der Waals surface area contributed by atoms with Gasteiger partial charge in [-0.1, -0.05) is 23.7 Å². The highest BCUT2D eigenvalue weighted by Crippen LogP contribution is 2.36. The molecule has 0 bridgehead atoms. The van der Waals surface area contributed by atoms with E-state index in [0.29, 0.717) is 22.1 Å². The third kappa shape index (κ3) is 2.83. The lowest BCUT2D eigenvalue weighted by atomic mass is 10.0. The highest BCUT2D eigenvalue weighted by atomic mass is 35.5. The molecule has 2 aromatic carbocycles. The molecule has 24 heavy (non-hydrogen) atoms. The van der Waals surface area contributed by atoms with Crippen molar-refractivity contribution in [1.82, 2.24) is 0 Å². The van der Waals surface area contributed by atoms with Gasteiger partial charge in [0, 0.05) is 10.7 Å². The quantitative estimate of drug-likeness (QED) is 0.816. The Bertz CT molecular complexity index is 850. The van der Waals surface area contributed by atoms with Crippen LogP contribution in [0.1, 0.15) is 18.1 Å². The fourth-order valence-corrected chi connectivity index (χ4v) is 2.63. The minimum absolute atomic E-state index is 0.401. The van der Waals surface area contributed by atoms with Crippen LogP contribution in [0.3, 0.4) is 0 Å². The number of halogens is 1. The van der Waals surface area contributed by atoms with E-state index in [1.54, 1.807) is 18.2 Å². The Balaban J connectivity index is 1.90. The molecular formula is C18H17ClN2O3. The molecule has 5 nitrogen and oxygen atoms in total. The van der Waals surface area contributed by atoms with Gasteiger partial charge in [0.25, 0.3) is 17.4 Å². The first kappa shape index (κ1) is 16.3. The van der Waals surface area contributed by atoms with Crippen LogP contribution in [0.4, 0.5) is 11.4 Å². The molecule has 0 aliphatic carbocycles. The van der Waals surface area contributed by atoms with Crippen LogP contribution in [0, 0.1) is 13.8 Å². The molecule has 2 N–H and O–H groups in total. The Kier molecular flexibility index (Phi) is 3.97. The number of carbonyl (C=O) groups is 2. The third-order valence-corrected chi connectivity index (χ3v) is 4.25. The van der Waals surface area contributed by atoms with Gasteiger partial charge >= 0.3 is 0 Å². The molecule has 1 aliphatic rings. The molecule has 1 atom stereocenters. The molecule has 0 spiro atoms. The zero-order chi connectivity index (χ0) is 17.5. The lowest BCUT2D eigenvalue weighted by molar-refractivity contribution is -0.143. The second-order valence-corrected chi connectivity index (χ2v) is 6.44. The van der Waals surface area contributed by atoms with Crippen LogP contribution in [0.15, 0.2) is 36.4 Å². The number of carbonyl (C=O) groups excluding carboxylic acids is 2. The van der Waals surface area contributed by atoms with Crippen molar-refractivity contribution in [2.24, 2.45) is 0 Å². The van der Waals surface area contributed by atoms with Crippen molar-refractivity contribution in [2.45, 2.75) is 26.4 Å². The molecule has 2 aromatic rings. The summed E-state index contributed by atoms with van der Waals surface area (Å²) >= 11 is 5.91. The predicted octanol–water partition coefficient (Wildman–Crippen LogP) is 3.69. The Labute approximate surface area is 145 Å². The molecule has 6 heteroatoms. The number of anilines is 2. The van der Waals surface area contributed by atoms with Gasteiger partial charge in [0.2, 0.25) is 0 Å². The van der Waals surface area contributed by atoms with Crippen molar-refractivity contribution in [2.75, 3.05) is 10.6 Å². The van der Waals surface area contributed by atoms with Crippen LogP contribution >= 0.6 is 11.6 Å². The number of hydrogen-bond acceptors (Lipinski definition) is 3. The maximum atomic E-state index is 12.7. The second kappa shape index (κ2) is 5.83. The standard InChI is InChI=1S/C18H17ClN2O3/c1-10-4-5-11(2)13(8-10)20-16(22)18(3)17(23)21-14-9-12(19)6-7-15(14)24-18/h4-9H,1-3H3,(H,20,22)(H,21,23). The van der Waals surface area contributed by atoms with Crippen molar-refractivity contribution in [3.05, 3.63) is 52.5 Å². The summed E-state index contributed by atoms with van der Waals surface area (Å²) in [6.45, 7) is 5.26. The summed E-state index contributed by atoms with van der Waals surface area (Å²) in [7, 11) is 0. The van der Waals surface area contributed by atoms with Gasteiger partial charge in [-0.05, 0) is 56.2 Å². The third-order valence-electron chi connectivity index (χ3n) is 4.01. The van der Waals surface area contributed by atoms with Crippen molar-refractivity contribution >= 4 is 34.8 Å². The zero-order valence-corrected chi connectivity index (χ0v) is 14.3. The molecule has 0 saturated carbocycles. The smallest absolute Gasteiger partial charge is 0.278 e. The van der Waals surface area contributed by atoms with E-state index < -0.39 is 17.4 Å². The van der Waals surface area contributed by atoms with E-state index in [1.807, 2.05) is 32.0 Å². The number of nitrogens with one attached hydrogen (secondary N) is 2. The molecule has 0 aromatic heterocycles. The zero-order valence-electron chi connectivity index (χ0n) is 13.6. The second-order valence-electron chi connectivity index (χ2n) is 6.00. The first-order valence-electron chi connectivity index (χ1n) is 7.48. The van der Waals surface area contributed by atoms with Crippen molar-refractivity contribution in [1.29, 1.82) is 0 Å². The van der Waals surface area contributed by atoms with Gasteiger partial charge < -0.3 is 15.4 Å². The number of benzene rings is 2. The van der Waals surface area contributed by atoms with Crippen molar-refractivity contribution < 1.29 is 14.3 Å². The van der Waals surface area contributed by atoms with Gasteiger partial charge in [0.05, 0.1) is 5.69 Å². The lowest BCUT2D eigenvalue weighted by Crippen LogP contribution is -2.56. The summed E-state index contributed by atoms with van der Waals surface area (Å²) in [6.07, 6.45) is 0. The van der Waals surface area contributed by atoms with E-state index in [1.165, 1.54) is 6.92 Å². The van der Waals surface area contributed by atoms with Gasteiger partial charge in [-0.25, -0.2) is 0 Å². The molecule has 0 radical (unpaired) electrons. The number of hydrogen-bond donors (Lipinski definition) is 2. The number of amides is 2. The molecule has 1 aliphatic heterocycles. The van der Waals surface area contributed by atoms with Gasteiger partial charge in [-0.2, -0.15) is 0 Å². The largest absolute Gasteiger partial charge is 0.466 e. The average molecular weight is 345 g/mol. The molecule has 0 fully saturated rings. The van der Waals surface area contributed by atoms with Crippen LogP contribution in [0.25, 0.3) is 0 Å². The first-order chi connectivity index (χ1) is 11.3. The minimum atomic E-state index is -1.67. The molecule has 2 amide bonds. The van der Waals surface area contributed by atoms with Crippen molar-refractivity contribution in [3.63, 3.8) is 0 Å². The molecule has 0 saturated heterocycles. The van der Waals surface area contributed by atoms with Gasteiger partial charge in [-0.3, -0.25) is 9.59 Å². The van der Waals surface area contributed by atoms with Crippen LogP contribution in [-0.4, -0.2) is 17.4 Å². The van der Waals surface area contributed by atoms with E-state index in [-0.39, 0.29) is 0 Å². The summed E-state index contributed by atoms with van der Waals surface area (Å²) in [6, 6.07) is 10.6. The van der Waals surface area contributed by atoms with E-state index >= 15 is 0 Å². The Morgan fingerprint density at radius 1 is 1.21 bits per heavy atom. The fraction of sp³-hybridized carbons (Fsp3) is 0.222. The van der Waals surface area contributed by atoms with Crippen LogP contribution in [-0.2, 0) is 9.59 Å². The SMILES string of the molecule is Cc1ccc(C)c(NC(=O)C2(C)Oc3ccc(Cl)cc3NC2=O)c1. The molecule has 1 unspecified atom stereocenters. The molecular weight excluding hydrogens is 328 g/mol. The normalized spacial score (nSPS) is 19.1. The highest BCUT2D eigenvalue weighted by Gasteiger charge is 2.47. The maximum Gasteiger partial charge on any atom is 0.278 e. The minimum Gasteiger partial charge on any atom is -0.466 e. The van der Waals surface area contributed by atoms with E-state index in [0.717, 1.165) is 11.1 Å². The maximum absolute atomic E-state index is 12.7. The topological polar surface area (TPSA) is 67.4 Å². The van der Waals surface area contributed by atoms with Gasteiger partial charge in [-0.15, -0.1) is 0 Å². The molecule has 1 heterocycles. The number of aryl methyl sites for hydroxylation is 2. The summed E-state index contributed by atoms with van der Waals surface area (Å²) in [4.78, 5) is 25.2. The van der Waals surface area contributed by atoms with Crippen LogP contribution in [0.5, 0.6) is 5.75 Å². The van der Waals surface area contributed by atoms with E-state index in [2.05, 4.69) is 10.6 Å². The number of rotatable bonds is 2. The summed E-state index contributed by atoms with van der Waals surface area (Å²) < 4.78 is 5.71. The highest BCUT2D eigenvalue weighted by molar-refractivity contribution is 6.31.